The summed E-state index contributed by atoms with van der Waals surface area (Å²) in [6.07, 6.45) is 1.67. The zero-order chi connectivity index (χ0) is 11.5. The minimum absolute atomic E-state index is 0.309. The SMILES string of the molecule is Cc1ccnc(Oc2ccc(F)cc2Br)c1. The van der Waals surface area contributed by atoms with E-state index in [4.69, 9.17) is 4.74 Å². The van der Waals surface area contributed by atoms with E-state index >= 15 is 0 Å². The lowest BCUT2D eigenvalue weighted by molar-refractivity contribution is 0.458. The highest BCUT2D eigenvalue weighted by Gasteiger charge is 2.04. The first-order valence-electron chi connectivity index (χ1n) is 4.71. The highest BCUT2D eigenvalue weighted by Crippen LogP contribution is 2.29. The topological polar surface area (TPSA) is 22.1 Å². The van der Waals surface area contributed by atoms with Gasteiger partial charge < -0.3 is 4.74 Å². The molecule has 0 aliphatic heterocycles. The number of halogens is 2. The summed E-state index contributed by atoms with van der Waals surface area (Å²) in [5, 5.41) is 0. The molecular weight excluding hydrogens is 273 g/mol. The van der Waals surface area contributed by atoms with Crippen LogP contribution < -0.4 is 4.74 Å². The fourth-order valence-electron chi connectivity index (χ4n) is 1.23. The second-order valence-corrected chi connectivity index (χ2v) is 4.20. The molecule has 1 aromatic heterocycles. The van der Waals surface area contributed by atoms with Gasteiger partial charge in [-0.2, -0.15) is 0 Å². The molecule has 0 fully saturated rings. The van der Waals surface area contributed by atoms with Crippen molar-refractivity contribution in [2.75, 3.05) is 0 Å². The van der Waals surface area contributed by atoms with E-state index < -0.39 is 0 Å². The number of aromatic nitrogens is 1. The summed E-state index contributed by atoms with van der Waals surface area (Å²) in [5.41, 5.74) is 1.06. The van der Waals surface area contributed by atoms with E-state index in [0.717, 1.165) is 5.56 Å². The highest BCUT2D eigenvalue weighted by molar-refractivity contribution is 9.10. The molecule has 82 valence electrons. The predicted octanol–water partition coefficient (Wildman–Crippen LogP) is 4.08. The van der Waals surface area contributed by atoms with Gasteiger partial charge in [-0.25, -0.2) is 9.37 Å². The average molecular weight is 282 g/mol. The molecule has 0 spiro atoms. The van der Waals surface area contributed by atoms with Crippen molar-refractivity contribution in [2.24, 2.45) is 0 Å². The largest absolute Gasteiger partial charge is 0.438 e. The Hall–Kier alpha value is -1.42. The molecule has 0 aliphatic rings. The van der Waals surface area contributed by atoms with Crippen molar-refractivity contribution < 1.29 is 9.13 Å². The molecule has 0 radical (unpaired) electrons. The molecule has 0 unspecified atom stereocenters. The van der Waals surface area contributed by atoms with Crippen LogP contribution in [0, 0.1) is 12.7 Å². The summed E-state index contributed by atoms with van der Waals surface area (Å²) in [5.74, 6) is 0.725. The summed E-state index contributed by atoms with van der Waals surface area (Å²) in [6, 6.07) is 7.95. The van der Waals surface area contributed by atoms with E-state index in [1.807, 2.05) is 19.1 Å². The third-order valence-corrected chi connectivity index (χ3v) is 2.62. The van der Waals surface area contributed by atoms with E-state index in [1.54, 1.807) is 12.3 Å². The fourth-order valence-corrected chi connectivity index (χ4v) is 1.67. The van der Waals surface area contributed by atoms with Crippen molar-refractivity contribution in [1.29, 1.82) is 0 Å². The lowest BCUT2D eigenvalue weighted by atomic mass is 10.3. The van der Waals surface area contributed by atoms with Crippen LogP contribution in [0.2, 0.25) is 0 Å². The second kappa shape index (κ2) is 4.61. The van der Waals surface area contributed by atoms with E-state index in [2.05, 4.69) is 20.9 Å². The number of benzene rings is 1. The summed E-state index contributed by atoms with van der Waals surface area (Å²) < 4.78 is 18.9. The molecule has 2 nitrogen and oxygen atoms in total. The average Bonchev–Trinajstić information content (AvgIpc) is 2.22. The number of aryl methyl sites for hydroxylation is 1. The molecule has 2 rings (SSSR count). The Morgan fingerprint density at radius 1 is 1.25 bits per heavy atom. The van der Waals surface area contributed by atoms with Crippen LogP contribution in [0.15, 0.2) is 41.0 Å². The van der Waals surface area contributed by atoms with Crippen LogP contribution in [0.3, 0.4) is 0 Å². The highest BCUT2D eigenvalue weighted by atomic mass is 79.9. The van der Waals surface area contributed by atoms with Crippen LogP contribution in [0.5, 0.6) is 11.6 Å². The number of nitrogens with zero attached hydrogens (tertiary/aromatic N) is 1. The minimum atomic E-state index is -0.309. The van der Waals surface area contributed by atoms with Crippen molar-refractivity contribution in [1.82, 2.24) is 4.98 Å². The standard InChI is InChI=1S/C12H9BrFNO/c1-8-4-5-15-12(6-8)16-11-3-2-9(14)7-10(11)13/h2-7H,1H3. The van der Waals surface area contributed by atoms with E-state index in [9.17, 15) is 4.39 Å². The van der Waals surface area contributed by atoms with E-state index in [0.29, 0.717) is 16.1 Å². The van der Waals surface area contributed by atoms with Gasteiger partial charge in [0.2, 0.25) is 5.88 Å². The fraction of sp³-hybridized carbons (Fsp3) is 0.0833. The third kappa shape index (κ3) is 2.58. The molecule has 0 bridgehead atoms. The van der Waals surface area contributed by atoms with Gasteiger partial charge in [0.1, 0.15) is 11.6 Å². The number of hydrogen-bond donors (Lipinski definition) is 0. The lowest BCUT2D eigenvalue weighted by Crippen LogP contribution is -1.89. The zero-order valence-electron chi connectivity index (χ0n) is 8.58. The normalized spacial score (nSPS) is 10.2. The molecule has 2 aromatic rings. The zero-order valence-corrected chi connectivity index (χ0v) is 10.2. The second-order valence-electron chi connectivity index (χ2n) is 3.35. The number of pyridine rings is 1. The molecule has 0 aliphatic carbocycles. The number of rotatable bonds is 2. The Balaban J connectivity index is 2.27. The van der Waals surface area contributed by atoms with Gasteiger partial charge in [0, 0.05) is 12.3 Å². The molecule has 0 atom stereocenters. The minimum Gasteiger partial charge on any atom is -0.438 e. The van der Waals surface area contributed by atoms with Crippen molar-refractivity contribution in [3.8, 4) is 11.6 Å². The molecule has 16 heavy (non-hydrogen) atoms. The first kappa shape index (κ1) is 11.1. The van der Waals surface area contributed by atoms with Gasteiger partial charge in [0.05, 0.1) is 4.47 Å². The van der Waals surface area contributed by atoms with Crippen LogP contribution >= 0.6 is 15.9 Å². The van der Waals surface area contributed by atoms with Gasteiger partial charge in [-0.1, -0.05) is 0 Å². The quantitative estimate of drug-likeness (QED) is 0.827. The van der Waals surface area contributed by atoms with E-state index in [-0.39, 0.29) is 5.82 Å². The van der Waals surface area contributed by atoms with Gasteiger partial charge in [-0.3, -0.25) is 0 Å². The molecule has 0 saturated carbocycles. The van der Waals surface area contributed by atoms with Crippen molar-refractivity contribution in [2.45, 2.75) is 6.92 Å². The van der Waals surface area contributed by atoms with Crippen LogP contribution in [0.4, 0.5) is 4.39 Å². The van der Waals surface area contributed by atoms with Gasteiger partial charge in [0.25, 0.3) is 0 Å². The first-order valence-corrected chi connectivity index (χ1v) is 5.50. The smallest absolute Gasteiger partial charge is 0.219 e. The van der Waals surface area contributed by atoms with Gasteiger partial charge in [-0.15, -0.1) is 0 Å². The Morgan fingerprint density at radius 3 is 2.75 bits per heavy atom. The van der Waals surface area contributed by atoms with Gasteiger partial charge in [0.15, 0.2) is 0 Å². The van der Waals surface area contributed by atoms with Gasteiger partial charge in [-0.05, 0) is 52.7 Å². The molecule has 0 saturated heterocycles. The summed E-state index contributed by atoms with van der Waals surface area (Å²) in [6.45, 7) is 1.95. The van der Waals surface area contributed by atoms with Crippen LogP contribution in [0.25, 0.3) is 0 Å². The maximum atomic E-state index is 12.8. The molecule has 1 heterocycles. The van der Waals surface area contributed by atoms with Crippen LogP contribution in [-0.2, 0) is 0 Å². The number of hydrogen-bond acceptors (Lipinski definition) is 2. The van der Waals surface area contributed by atoms with E-state index in [1.165, 1.54) is 12.1 Å². The Kier molecular flexibility index (Phi) is 3.19. The summed E-state index contributed by atoms with van der Waals surface area (Å²) in [7, 11) is 0. The Labute approximate surface area is 101 Å². The molecule has 0 amide bonds. The van der Waals surface area contributed by atoms with Crippen molar-refractivity contribution in [3.05, 3.63) is 52.4 Å². The molecule has 0 N–H and O–H groups in total. The Bertz CT molecular complexity index is 516. The summed E-state index contributed by atoms with van der Waals surface area (Å²) >= 11 is 3.23. The number of ether oxygens (including phenoxy) is 1. The maximum Gasteiger partial charge on any atom is 0.219 e. The molecule has 1 aromatic carbocycles. The maximum absolute atomic E-state index is 12.8. The Morgan fingerprint density at radius 2 is 2.06 bits per heavy atom. The van der Waals surface area contributed by atoms with Crippen LogP contribution in [-0.4, -0.2) is 4.98 Å². The predicted molar refractivity (Wildman–Crippen MR) is 63.1 cm³/mol. The van der Waals surface area contributed by atoms with Crippen LogP contribution in [0.1, 0.15) is 5.56 Å². The summed E-state index contributed by atoms with van der Waals surface area (Å²) in [4.78, 5) is 4.06. The van der Waals surface area contributed by atoms with Crippen molar-refractivity contribution >= 4 is 15.9 Å². The lowest BCUT2D eigenvalue weighted by Gasteiger charge is -2.06. The third-order valence-electron chi connectivity index (χ3n) is 2.00. The van der Waals surface area contributed by atoms with Crippen molar-refractivity contribution in [3.63, 3.8) is 0 Å². The van der Waals surface area contributed by atoms with Gasteiger partial charge >= 0.3 is 0 Å². The monoisotopic (exact) mass is 281 g/mol. The molecular formula is C12H9BrFNO. The molecule has 4 heteroatoms. The first-order chi connectivity index (χ1) is 7.65.